The van der Waals surface area contributed by atoms with Crippen molar-refractivity contribution in [3.8, 4) is 0 Å². The molecule has 1 aromatic carbocycles. The number of thioether (sulfide) groups is 1. The van der Waals surface area contributed by atoms with Crippen molar-refractivity contribution in [2.24, 2.45) is 0 Å². The molecule has 0 aliphatic carbocycles. The number of hydrogen-bond donors (Lipinski definition) is 1. The fourth-order valence-electron chi connectivity index (χ4n) is 2.26. The molecule has 0 radical (unpaired) electrons. The van der Waals surface area contributed by atoms with Crippen LogP contribution in [0.5, 0.6) is 0 Å². The third-order valence-corrected chi connectivity index (χ3v) is 4.90. The zero-order valence-corrected chi connectivity index (χ0v) is 12.3. The van der Waals surface area contributed by atoms with Gasteiger partial charge in [-0.25, -0.2) is 0 Å². The Bertz CT molecular complexity index is 382. The molecule has 0 bridgehead atoms. The molecule has 0 spiro atoms. The average Bonchev–Trinajstić information content (AvgIpc) is 2.89. The third-order valence-electron chi connectivity index (χ3n) is 3.52. The van der Waals surface area contributed by atoms with E-state index in [4.69, 9.17) is 11.6 Å². The molecule has 1 saturated heterocycles. The van der Waals surface area contributed by atoms with E-state index in [1.807, 2.05) is 36.0 Å². The molecular formula is C14H20ClNOS. The molecule has 1 aliphatic rings. The van der Waals surface area contributed by atoms with Gasteiger partial charge in [0.05, 0.1) is 6.10 Å². The fraction of sp³-hybridized carbons (Fsp3) is 0.571. The van der Waals surface area contributed by atoms with Crippen LogP contribution < -0.4 is 0 Å². The van der Waals surface area contributed by atoms with Crippen LogP contribution in [-0.4, -0.2) is 41.1 Å². The van der Waals surface area contributed by atoms with Crippen molar-refractivity contribution in [2.45, 2.75) is 25.0 Å². The predicted molar refractivity (Wildman–Crippen MR) is 79.4 cm³/mol. The first kappa shape index (κ1) is 14.2. The van der Waals surface area contributed by atoms with E-state index in [-0.39, 0.29) is 0 Å². The first-order chi connectivity index (χ1) is 8.66. The number of benzene rings is 1. The molecule has 4 heteroatoms. The lowest BCUT2D eigenvalue weighted by atomic mass is 10.1. The molecule has 18 heavy (non-hydrogen) atoms. The largest absolute Gasteiger partial charge is 0.388 e. The Morgan fingerprint density at radius 2 is 2.39 bits per heavy atom. The minimum atomic E-state index is -0.416. The van der Waals surface area contributed by atoms with Crippen molar-refractivity contribution < 1.29 is 5.11 Å². The van der Waals surface area contributed by atoms with Gasteiger partial charge in [0.25, 0.3) is 0 Å². The lowest BCUT2D eigenvalue weighted by Crippen LogP contribution is -2.32. The van der Waals surface area contributed by atoms with Crippen molar-refractivity contribution in [1.82, 2.24) is 4.90 Å². The predicted octanol–water partition coefficient (Wildman–Crippen LogP) is 3.20. The number of aliphatic hydroxyl groups excluding tert-OH is 1. The van der Waals surface area contributed by atoms with Gasteiger partial charge in [0, 0.05) is 23.4 Å². The van der Waals surface area contributed by atoms with Gasteiger partial charge in [-0.1, -0.05) is 23.7 Å². The molecule has 100 valence electrons. The SMILES string of the molecule is CN(CCC(O)c1cccc(Cl)c1)C1CCSC1. The third kappa shape index (κ3) is 3.89. The highest BCUT2D eigenvalue weighted by Gasteiger charge is 2.20. The highest BCUT2D eigenvalue weighted by atomic mass is 35.5. The molecule has 0 amide bonds. The molecule has 1 fully saturated rings. The average molecular weight is 286 g/mol. The molecule has 2 nitrogen and oxygen atoms in total. The van der Waals surface area contributed by atoms with Crippen LogP contribution >= 0.6 is 23.4 Å². The van der Waals surface area contributed by atoms with Crippen LogP contribution in [0.2, 0.25) is 5.02 Å². The van der Waals surface area contributed by atoms with Crippen LogP contribution in [0.15, 0.2) is 24.3 Å². The van der Waals surface area contributed by atoms with Crippen LogP contribution in [0.4, 0.5) is 0 Å². The quantitative estimate of drug-likeness (QED) is 0.899. The monoisotopic (exact) mass is 285 g/mol. The molecular weight excluding hydrogens is 266 g/mol. The van der Waals surface area contributed by atoms with E-state index >= 15 is 0 Å². The number of rotatable bonds is 5. The van der Waals surface area contributed by atoms with Crippen molar-refractivity contribution >= 4 is 23.4 Å². The van der Waals surface area contributed by atoms with Crippen LogP contribution in [0.3, 0.4) is 0 Å². The van der Waals surface area contributed by atoms with E-state index in [9.17, 15) is 5.11 Å². The number of aliphatic hydroxyl groups is 1. The Hall–Kier alpha value is -0.220. The van der Waals surface area contributed by atoms with Crippen LogP contribution in [0.25, 0.3) is 0 Å². The summed E-state index contributed by atoms with van der Waals surface area (Å²) in [5, 5.41) is 10.8. The maximum absolute atomic E-state index is 10.1. The standard InChI is InChI=1S/C14H20ClNOS/c1-16(13-6-8-18-10-13)7-5-14(17)11-3-2-4-12(15)9-11/h2-4,9,13-14,17H,5-8,10H2,1H3. The van der Waals surface area contributed by atoms with Crippen LogP contribution in [-0.2, 0) is 0 Å². The van der Waals surface area contributed by atoms with Gasteiger partial charge in [-0.3, -0.25) is 0 Å². The maximum Gasteiger partial charge on any atom is 0.0802 e. The maximum atomic E-state index is 10.1. The van der Waals surface area contributed by atoms with Gasteiger partial charge in [0.2, 0.25) is 0 Å². The van der Waals surface area contributed by atoms with Crippen LogP contribution in [0, 0.1) is 0 Å². The summed E-state index contributed by atoms with van der Waals surface area (Å²) >= 11 is 7.95. The zero-order valence-electron chi connectivity index (χ0n) is 10.7. The summed E-state index contributed by atoms with van der Waals surface area (Å²) in [5.74, 6) is 2.50. The Balaban J connectivity index is 1.82. The molecule has 2 rings (SSSR count). The lowest BCUT2D eigenvalue weighted by molar-refractivity contribution is 0.140. The normalized spacial score (nSPS) is 21.4. The lowest BCUT2D eigenvalue weighted by Gasteiger charge is -2.24. The summed E-state index contributed by atoms with van der Waals surface area (Å²) < 4.78 is 0. The Labute approximate surface area is 118 Å². The van der Waals surface area contributed by atoms with Crippen molar-refractivity contribution in [1.29, 1.82) is 0 Å². The van der Waals surface area contributed by atoms with E-state index in [2.05, 4.69) is 11.9 Å². The van der Waals surface area contributed by atoms with E-state index in [0.29, 0.717) is 11.1 Å². The highest BCUT2D eigenvalue weighted by molar-refractivity contribution is 7.99. The Morgan fingerprint density at radius 3 is 3.06 bits per heavy atom. The van der Waals surface area contributed by atoms with Gasteiger partial charge in [-0.15, -0.1) is 0 Å². The number of hydrogen-bond acceptors (Lipinski definition) is 3. The first-order valence-corrected chi connectivity index (χ1v) is 7.91. The summed E-state index contributed by atoms with van der Waals surface area (Å²) in [6.45, 7) is 0.929. The molecule has 2 unspecified atom stereocenters. The van der Waals surface area contributed by atoms with E-state index in [1.54, 1.807) is 0 Å². The summed E-state index contributed by atoms with van der Waals surface area (Å²) in [7, 11) is 2.15. The molecule has 1 aliphatic heterocycles. The van der Waals surface area contributed by atoms with Gasteiger partial charge in [0.1, 0.15) is 0 Å². The summed E-state index contributed by atoms with van der Waals surface area (Å²) in [6.07, 6.45) is 1.62. The summed E-state index contributed by atoms with van der Waals surface area (Å²) in [6, 6.07) is 8.18. The summed E-state index contributed by atoms with van der Waals surface area (Å²) in [4.78, 5) is 2.37. The number of nitrogens with zero attached hydrogens (tertiary/aromatic N) is 1. The van der Waals surface area contributed by atoms with Gasteiger partial charge < -0.3 is 10.0 Å². The van der Waals surface area contributed by atoms with E-state index in [1.165, 1.54) is 17.9 Å². The zero-order chi connectivity index (χ0) is 13.0. The Morgan fingerprint density at radius 1 is 1.56 bits per heavy atom. The van der Waals surface area contributed by atoms with Crippen molar-refractivity contribution in [3.63, 3.8) is 0 Å². The second-order valence-electron chi connectivity index (χ2n) is 4.86. The molecule has 1 heterocycles. The second kappa shape index (κ2) is 6.80. The minimum Gasteiger partial charge on any atom is -0.388 e. The second-order valence-corrected chi connectivity index (χ2v) is 6.44. The Kier molecular flexibility index (Phi) is 5.37. The summed E-state index contributed by atoms with van der Waals surface area (Å²) in [5.41, 5.74) is 0.914. The topological polar surface area (TPSA) is 23.5 Å². The van der Waals surface area contributed by atoms with Crippen molar-refractivity contribution in [3.05, 3.63) is 34.9 Å². The number of halogens is 1. The smallest absolute Gasteiger partial charge is 0.0802 e. The molecule has 1 aromatic rings. The van der Waals surface area contributed by atoms with Gasteiger partial charge in [0.15, 0.2) is 0 Å². The van der Waals surface area contributed by atoms with Crippen LogP contribution in [0.1, 0.15) is 24.5 Å². The molecule has 0 saturated carbocycles. The van der Waals surface area contributed by atoms with Crippen molar-refractivity contribution in [2.75, 3.05) is 25.1 Å². The highest BCUT2D eigenvalue weighted by Crippen LogP contribution is 2.24. The van der Waals surface area contributed by atoms with E-state index in [0.717, 1.165) is 18.5 Å². The van der Waals surface area contributed by atoms with E-state index < -0.39 is 6.10 Å². The molecule has 2 atom stereocenters. The molecule has 0 aromatic heterocycles. The van der Waals surface area contributed by atoms with Gasteiger partial charge in [-0.05, 0) is 43.3 Å². The minimum absolute atomic E-state index is 0.416. The fourth-order valence-corrected chi connectivity index (χ4v) is 3.76. The van der Waals surface area contributed by atoms with Gasteiger partial charge >= 0.3 is 0 Å². The molecule has 1 N–H and O–H groups in total. The first-order valence-electron chi connectivity index (χ1n) is 6.38. The van der Waals surface area contributed by atoms with Gasteiger partial charge in [-0.2, -0.15) is 11.8 Å².